The number of benzene rings is 1. The topological polar surface area (TPSA) is 53.8 Å². The fourth-order valence-corrected chi connectivity index (χ4v) is 4.62. The molecule has 0 atom stereocenters. The van der Waals surface area contributed by atoms with Gasteiger partial charge in [0.15, 0.2) is 5.76 Å². The van der Waals surface area contributed by atoms with Crippen molar-refractivity contribution in [3.8, 4) is 0 Å². The highest BCUT2D eigenvalue weighted by molar-refractivity contribution is 5.99. The molecule has 0 bridgehead atoms. The molecule has 4 rings (SSSR count). The number of halogens is 3. The van der Waals surface area contributed by atoms with E-state index in [4.69, 9.17) is 4.42 Å². The van der Waals surface area contributed by atoms with Crippen molar-refractivity contribution in [3.05, 3.63) is 35.1 Å². The van der Waals surface area contributed by atoms with E-state index >= 15 is 0 Å². The number of hydrogen-bond donors (Lipinski definition) is 0. The third kappa shape index (κ3) is 4.29. The van der Waals surface area contributed by atoms with Crippen LogP contribution >= 0.6 is 0 Å². The van der Waals surface area contributed by atoms with E-state index in [2.05, 4.69) is 0 Å². The summed E-state index contributed by atoms with van der Waals surface area (Å²) in [5.41, 5.74) is -0.700. The van der Waals surface area contributed by atoms with Gasteiger partial charge < -0.3 is 14.2 Å². The molecule has 2 aliphatic rings. The molecule has 0 spiro atoms. The molecular weight excluding hydrogens is 409 g/mol. The van der Waals surface area contributed by atoms with E-state index in [1.165, 1.54) is 17.4 Å². The molecule has 168 valence electrons. The zero-order valence-corrected chi connectivity index (χ0v) is 17.8. The number of carbonyl (C=O) groups is 2. The average molecular weight is 436 g/mol. The first-order valence-corrected chi connectivity index (χ1v) is 10.9. The Morgan fingerprint density at radius 2 is 1.81 bits per heavy atom. The molecule has 1 aromatic heterocycles. The minimum Gasteiger partial charge on any atom is -0.450 e. The maximum Gasteiger partial charge on any atom is 0.420 e. The molecule has 31 heavy (non-hydrogen) atoms. The number of nitrogens with zero attached hydrogens (tertiary/aromatic N) is 2. The Labute approximate surface area is 179 Å². The second-order valence-corrected chi connectivity index (χ2v) is 8.86. The molecule has 2 aromatic rings. The molecule has 2 heterocycles. The second kappa shape index (κ2) is 8.20. The predicted molar refractivity (Wildman–Crippen MR) is 110 cm³/mol. The fourth-order valence-electron chi connectivity index (χ4n) is 4.62. The van der Waals surface area contributed by atoms with E-state index in [1.54, 1.807) is 6.07 Å². The molecule has 5 nitrogen and oxygen atoms in total. The number of alkyl halides is 3. The fraction of sp³-hybridized carbons (Fsp3) is 0.565. The third-order valence-electron chi connectivity index (χ3n) is 6.38. The highest BCUT2D eigenvalue weighted by Crippen LogP contribution is 2.38. The highest BCUT2D eigenvalue weighted by Gasteiger charge is 2.37. The Hall–Kier alpha value is -2.51. The van der Waals surface area contributed by atoms with Crippen LogP contribution in [0, 0.1) is 0 Å². The van der Waals surface area contributed by atoms with Gasteiger partial charge in [0.1, 0.15) is 12.1 Å². The van der Waals surface area contributed by atoms with Gasteiger partial charge in [0.05, 0.1) is 5.56 Å². The summed E-state index contributed by atoms with van der Waals surface area (Å²) in [5.74, 6) is -0.932. The zero-order chi connectivity index (χ0) is 22.3. The Bertz CT molecular complexity index is 990. The van der Waals surface area contributed by atoms with Gasteiger partial charge in [-0.05, 0) is 42.5 Å². The lowest BCUT2D eigenvalue weighted by molar-refractivity contribution is -0.138. The van der Waals surface area contributed by atoms with Crippen molar-refractivity contribution in [1.82, 2.24) is 9.80 Å². The minimum absolute atomic E-state index is 0.0737. The monoisotopic (exact) mass is 436 g/mol. The first-order chi connectivity index (χ1) is 14.6. The predicted octanol–water partition coefficient (Wildman–Crippen LogP) is 5.19. The van der Waals surface area contributed by atoms with Crippen LogP contribution in [0.15, 0.2) is 22.6 Å². The maximum atomic E-state index is 13.6. The van der Waals surface area contributed by atoms with E-state index in [0.29, 0.717) is 18.7 Å². The van der Waals surface area contributed by atoms with Gasteiger partial charge in [0.25, 0.3) is 5.91 Å². The lowest BCUT2D eigenvalue weighted by atomic mass is 9.93. The highest BCUT2D eigenvalue weighted by atomic mass is 19.4. The molecule has 2 fully saturated rings. The van der Waals surface area contributed by atoms with Crippen LogP contribution in [-0.4, -0.2) is 47.3 Å². The molecule has 0 radical (unpaired) electrons. The first kappa shape index (κ1) is 21.7. The Balaban J connectivity index is 1.57. The summed E-state index contributed by atoms with van der Waals surface area (Å²) >= 11 is 0. The quantitative estimate of drug-likeness (QED) is 0.665. The van der Waals surface area contributed by atoms with Gasteiger partial charge in [-0.15, -0.1) is 0 Å². The average Bonchev–Trinajstić information content (AvgIpc) is 3.16. The van der Waals surface area contributed by atoms with Gasteiger partial charge in [-0.2, -0.15) is 13.2 Å². The van der Waals surface area contributed by atoms with Crippen LogP contribution in [0.25, 0.3) is 11.0 Å². The molecule has 8 heteroatoms. The van der Waals surface area contributed by atoms with Gasteiger partial charge >= 0.3 is 6.18 Å². The van der Waals surface area contributed by atoms with E-state index in [-0.39, 0.29) is 41.1 Å². The lowest BCUT2D eigenvalue weighted by Gasteiger charge is -2.40. The van der Waals surface area contributed by atoms with Crippen LogP contribution in [0.4, 0.5) is 13.2 Å². The molecule has 1 aliphatic carbocycles. The van der Waals surface area contributed by atoms with Gasteiger partial charge in [-0.1, -0.05) is 33.1 Å². The normalized spacial score (nSPS) is 19.0. The van der Waals surface area contributed by atoms with Crippen LogP contribution in [0.3, 0.4) is 0 Å². The molecular formula is C23H27F3N2O3. The zero-order valence-electron chi connectivity index (χ0n) is 17.8. The number of hydrogen-bond acceptors (Lipinski definition) is 3. The van der Waals surface area contributed by atoms with Crippen LogP contribution < -0.4 is 0 Å². The Morgan fingerprint density at radius 3 is 2.42 bits per heavy atom. The van der Waals surface area contributed by atoms with E-state index in [9.17, 15) is 22.8 Å². The third-order valence-corrected chi connectivity index (χ3v) is 6.38. The summed E-state index contributed by atoms with van der Waals surface area (Å²) in [5, 5.41) is 0.244. The Kier molecular flexibility index (Phi) is 5.75. The smallest absolute Gasteiger partial charge is 0.420 e. The van der Waals surface area contributed by atoms with Crippen molar-refractivity contribution < 1.29 is 27.2 Å². The van der Waals surface area contributed by atoms with Crippen molar-refractivity contribution >= 4 is 22.8 Å². The number of rotatable bonds is 3. The van der Waals surface area contributed by atoms with Gasteiger partial charge in [-0.25, -0.2) is 0 Å². The molecule has 2 amide bonds. The number of piperazine rings is 1. The van der Waals surface area contributed by atoms with Gasteiger partial charge in [0.2, 0.25) is 5.91 Å². The van der Waals surface area contributed by atoms with Crippen LogP contribution in [0.2, 0.25) is 0 Å². The lowest BCUT2D eigenvalue weighted by Crippen LogP contribution is -2.55. The maximum absolute atomic E-state index is 13.6. The van der Waals surface area contributed by atoms with Crippen LogP contribution in [-0.2, 0) is 11.0 Å². The number of amides is 2. The standard InChI is InChI=1S/C23H27F3N2O3/c1-14(2)15-10-16-12-19(31-21(16)18(11-15)23(24,25)26)22(30)27-8-9-28(20(29)13-27)17-6-4-3-5-7-17/h10-12,14,17H,3-9,13H2,1-2H3. The van der Waals surface area contributed by atoms with Crippen molar-refractivity contribution in [2.75, 3.05) is 19.6 Å². The molecule has 0 unspecified atom stereocenters. The van der Waals surface area contributed by atoms with Crippen molar-refractivity contribution in [2.45, 2.75) is 64.1 Å². The van der Waals surface area contributed by atoms with Gasteiger partial charge in [-0.3, -0.25) is 9.59 Å². The van der Waals surface area contributed by atoms with E-state index in [1.807, 2.05) is 18.7 Å². The summed E-state index contributed by atoms with van der Waals surface area (Å²) in [6.07, 6.45) is 0.784. The van der Waals surface area contributed by atoms with Crippen molar-refractivity contribution in [2.24, 2.45) is 0 Å². The molecule has 1 saturated carbocycles. The summed E-state index contributed by atoms with van der Waals surface area (Å²) in [4.78, 5) is 28.9. The first-order valence-electron chi connectivity index (χ1n) is 10.9. The van der Waals surface area contributed by atoms with Crippen LogP contribution in [0.5, 0.6) is 0 Å². The summed E-state index contributed by atoms with van der Waals surface area (Å²) in [6.45, 7) is 4.34. The molecule has 1 saturated heterocycles. The van der Waals surface area contributed by atoms with Gasteiger partial charge in [0, 0.05) is 24.5 Å². The summed E-state index contributed by atoms with van der Waals surface area (Å²) in [6, 6.07) is 4.30. The van der Waals surface area contributed by atoms with E-state index < -0.39 is 17.6 Å². The number of fused-ring (bicyclic) bond motifs is 1. The molecule has 1 aromatic carbocycles. The minimum atomic E-state index is -4.59. The molecule has 0 N–H and O–H groups in total. The van der Waals surface area contributed by atoms with Crippen molar-refractivity contribution in [3.63, 3.8) is 0 Å². The number of carbonyl (C=O) groups excluding carboxylic acids is 2. The summed E-state index contributed by atoms with van der Waals surface area (Å²) in [7, 11) is 0. The Morgan fingerprint density at radius 1 is 1.10 bits per heavy atom. The second-order valence-electron chi connectivity index (χ2n) is 8.86. The largest absolute Gasteiger partial charge is 0.450 e. The van der Waals surface area contributed by atoms with E-state index in [0.717, 1.165) is 31.7 Å². The molecule has 1 aliphatic heterocycles. The SMILES string of the molecule is CC(C)c1cc(C(F)(F)F)c2oc(C(=O)N3CCN(C4CCCCC4)C(=O)C3)cc2c1. The summed E-state index contributed by atoms with van der Waals surface area (Å²) < 4.78 is 46.2. The van der Waals surface area contributed by atoms with Crippen LogP contribution in [0.1, 0.15) is 73.6 Å². The van der Waals surface area contributed by atoms with Crippen molar-refractivity contribution in [1.29, 1.82) is 0 Å². The number of furan rings is 1.